The molecule has 90 valence electrons. The third-order valence-electron chi connectivity index (χ3n) is 3.39. The van der Waals surface area contributed by atoms with Gasteiger partial charge in [0, 0.05) is 0 Å². The third kappa shape index (κ3) is 1.62. The van der Waals surface area contributed by atoms with Crippen LogP contribution in [-0.2, 0) is 4.74 Å². The van der Waals surface area contributed by atoms with Crippen LogP contribution >= 0.6 is 0 Å². The number of hydrogen-bond donors (Lipinski definition) is 0. The molecule has 0 aromatic heterocycles. The summed E-state index contributed by atoms with van der Waals surface area (Å²) in [6, 6.07) is 6.75. The number of benzene rings is 1. The van der Waals surface area contributed by atoms with Gasteiger partial charge in [0.15, 0.2) is 11.6 Å². The van der Waals surface area contributed by atoms with E-state index in [-0.39, 0.29) is 0 Å². The Hall–Kier alpha value is -1.48. The van der Waals surface area contributed by atoms with Gasteiger partial charge in [-0.05, 0) is 30.2 Å². The zero-order valence-corrected chi connectivity index (χ0v) is 10.3. The van der Waals surface area contributed by atoms with Crippen LogP contribution in [0.1, 0.15) is 25.3 Å². The quantitative estimate of drug-likeness (QED) is 0.781. The van der Waals surface area contributed by atoms with E-state index in [9.17, 15) is 0 Å². The fourth-order valence-electron chi connectivity index (χ4n) is 2.25. The predicted molar refractivity (Wildman–Crippen MR) is 67.4 cm³/mol. The van der Waals surface area contributed by atoms with Crippen LogP contribution in [0.25, 0.3) is 0 Å². The van der Waals surface area contributed by atoms with Gasteiger partial charge in [0.2, 0.25) is 0 Å². The maximum Gasteiger partial charge on any atom is 0.193 e. The van der Waals surface area contributed by atoms with E-state index in [0.29, 0.717) is 17.8 Å². The minimum atomic E-state index is 0.381. The molecule has 0 amide bonds. The molecule has 0 atom stereocenters. The zero-order chi connectivity index (χ0) is 12.0. The van der Waals surface area contributed by atoms with Gasteiger partial charge in [-0.25, -0.2) is 0 Å². The molecule has 2 aliphatic heterocycles. The van der Waals surface area contributed by atoms with Gasteiger partial charge in [0.05, 0.1) is 24.9 Å². The van der Waals surface area contributed by atoms with Gasteiger partial charge in [0.25, 0.3) is 0 Å². The minimum Gasteiger partial charge on any atom is -0.439 e. The molecule has 0 radical (unpaired) electrons. The highest BCUT2D eigenvalue weighted by atomic mass is 16.5. The number of ether oxygens (including phenoxy) is 2. The molecule has 17 heavy (non-hydrogen) atoms. The smallest absolute Gasteiger partial charge is 0.193 e. The first-order valence-corrected chi connectivity index (χ1v) is 6.04. The number of nitrogens with zero attached hydrogens (tertiary/aromatic N) is 1. The topological polar surface area (TPSA) is 21.7 Å². The van der Waals surface area contributed by atoms with Crippen LogP contribution in [0.5, 0.6) is 5.75 Å². The van der Waals surface area contributed by atoms with Crippen molar-refractivity contribution in [3.8, 4) is 5.75 Å². The van der Waals surface area contributed by atoms with E-state index >= 15 is 0 Å². The summed E-state index contributed by atoms with van der Waals surface area (Å²) in [6.07, 6.45) is 0. The highest BCUT2D eigenvalue weighted by Gasteiger charge is 2.35. The Bertz CT molecular complexity index is 463. The Balaban J connectivity index is 2.00. The second-order valence-corrected chi connectivity index (χ2v) is 4.94. The molecule has 3 rings (SSSR count). The molecule has 3 nitrogen and oxygen atoms in total. The Labute approximate surface area is 102 Å². The van der Waals surface area contributed by atoms with Crippen molar-refractivity contribution in [2.45, 2.75) is 25.8 Å². The first-order valence-electron chi connectivity index (χ1n) is 6.04. The zero-order valence-electron chi connectivity index (χ0n) is 10.3. The van der Waals surface area contributed by atoms with Crippen molar-refractivity contribution >= 4 is 5.69 Å². The summed E-state index contributed by atoms with van der Waals surface area (Å²) in [6.45, 7) is 9.89. The van der Waals surface area contributed by atoms with E-state index in [4.69, 9.17) is 9.47 Å². The average Bonchev–Trinajstić information content (AvgIpc) is 2.53. The van der Waals surface area contributed by atoms with Crippen LogP contribution in [0, 0.1) is 0 Å². The largest absolute Gasteiger partial charge is 0.439 e. The molecule has 0 unspecified atom stereocenters. The second-order valence-electron chi connectivity index (χ2n) is 4.94. The first-order chi connectivity index (χ1) is 8.16. The van der Waals surface area contributed by atoms with Crippen molar-refractivity contribution in [1.29, 1.82) is 0 Å². The Morgan fingerprint density at radius 1 is 1.35 bits per heavy atom. The van der Waals surface area contributed by atoms with E-state index in [1.54, 1.807) is 0 Å². The number of rotatable bonds is 2. The molecule has 0 N–H and O–H groups in total. The predicted octanol–water partition coefficient (Wildman–Crippen LogP) is 2.88. The monoisotopic (exact) mass is 231 g/mol. The van der Waals surface area contributed by atoms with Gasteiger partial charge in [-0.2, -0.15) is 0 Å². The molecule has 1 aromatic carbocycles. The lowest BCUT2D eigenvalue weighted by Gasteiger charge is -2.35. The van der Waals surface area contributed by atoms with Crippen LogP contribution < -0.4 is 9.64 Å². The van der Waals surface area contributed by atoms with Gasteiger partial charge in [0.1, 0.15) is 0 Å². The summed E-state index contributed by atoms with van der Waals surface area (Å²) < 4.78 is 10.9. The molecule has 3 heteroatoms. The SMILES string of the molecule is C=C1Oc2ccc(C(C)C)cc2N1C1COC1. The summed E-state index contributed by atoms with van der Waals surface area (Å²) >= 11 is 0. The maximum absolute atomic E-state index is 5.69. The van der Waals surface area contributed by atoms with Crippen LogP contribution in [0.4, 0.5) is 5.69 Å². The molecule has 1 aromatic rings. The molecular formula is C14H17NO2. The van der Waals surface area contributed by atoms with E-state index in [1.165, 1.54) is 5.56 Å². The van der Waals surface area contributed by atoms with Crippen LogP contribution in [0.2, 0.25) is 0 Å². The Morgan fingerprint density at radius 3 is 2.71 bits per heavy atom. The normalized spacial score (nSPS) is 19.2. The first kappa shape index (κ1) is 10.7. The number of fused-ring (bicyclic) bond motifs is 1. The lowest BCUT2D eigenvalue weighted by Crippen LogP contribution is -2.47. The molecule has 0 saturated carbocycles. The lowest BCUT2D eigenvalue weighted by atomic mass is 10.0. The van der Waals surface area contributed by atoms with Gasteiger partial charge >= 0.3 is 0 Å². The van der Waals surface area contributed by atoms with E-state index < -0.39 is 0 Å². The van der Waals surface area contributed by atoms with Crippen molar-refractivity contribution in [2.24, 2.45) is 0 Å². The van der Waals surface area contributed by atoms with Gasteiger partial charge < -0.3 is 14.4 Å². The van der Waals surface area contributed by atoms with Gasteiger partial charge in [-0.1, -0.05) is 19.9 Å². The van der Waals surface area contributed by atoms with Crippen LogP contribution in [0.15, 0.2) is 30.7 Å². The van der Waals surface area contributed by atoms with Crippen molar-refractivity contribution in [2.75, 3.05) is 18.1 Å². The van der Waals surface area contributed by atoms with Crippen LogP contribution in [-0.4, -0.2) is 19.3 Å². The molecule has 2 heterocycles. The highest BCUT2D eigenvalue weighted by Crippen LogP contribution is 2.42. The summed E-state index contributed by atoms with van der Waals surface area (Å²) in [4.78, 5) is 2.16. The third-order valence-corrected chi connectivity index (χ3v) is 3.39. The molecular weight excluding hydrogens is 214 g/mol. The van der Waals surface area contributed by atoms with E-state index in [2.05, 4.69) is 37.5 Å². The fourth-order valence-corrected chi connectivity index (χ4v) is 2.25. The summed E-state index contributed by atoms with van der Waals surface area (Å²) in [5, 5.41) is 0. The molecule has 0 bridgehead atoms. The minimum absolute atomic E-state index is 0.381. The Kier molecular flexibility index (Phi) is 2.37. The molecule has 0 aliphatic carbocycles. The molecule has 0 spiro atoms. The maximum atomic E-state index is 5.69. The lowest BCUT2D eigenvalue weighted by molar-refractivity contribution is 0.00945. The fraction of sp³-hybridized carbons (Fsp3) is 0.429. The molecule has 1 saturated heterocycles. The van der Waals surface area contributed by atoms with E-state index in [0.717, 1.165) is 24.7 Å². The van der Waals surface area contributed by atoms with E-state index in [1.807, 2.05) is 6.07 Å². The van der Waals surface area contributed by atoms with Crippen LogP contribution in [0.3, 0.4) is 0 Å². The van der Waals surface area contributed by atoms with Crippen molar-refractivity contribution in [1.82, 2.24) is 0 Å². The van der Waals surface area contributed by atoms with Gasteiger partial charge in [-0.15, -0.1) is 0 Å². The highest BCUT2D eigenvalue weighted by molar-refractivity contribution is 5.68. The average molecular weight is 231 g/mol. The number of hydrogen-bond acceptors (Lipinski definition) is 3. The number of anilines is 1. The van der Waals surface area contributed by atoms with Crippen molar-refractivity contribution in [3.05, 3.63) is 36.2 Å². The standard InChI is InChI=1S/C14H17NO2/c1-9(2)11-4-5-14-13(6-11)15(10(3)17-14)12-7-16-8-12/h4-6,9,12H,3,7-8H2,1-2H3. The summed E-state index contributed by atoms with van der Waals surface area (Å²) in [5.41, 5.74) is 2.46. The second kappa shape index (κ2) is 3.77. The van der Waals surface area contributed by atoms with Gasteiger partial charge in [-0.3, -0.25) is 0 Å². The molecule has 2 aliphatic rings. The summed E-state index contributed by atoms with van der Waals surface area (Å²) in [5.74, 6) is 2.15. The molecule has 1 fully saturated rings. The summed E-state index contributed by atoms with van der Waals surface area (Å²) in [7, 11) is 0. The van der Waals surface area contributed by atoms with Crippen molar-refractivity contribution in [3.63, 3.8) is 0 Å². The van der Waals surface area contributed by atoms with Crippen molar-refractivity contribution < 1.29 is 9.47 Å². The Morgan fingerprint density at radius 2 is 2.12 bits per heavy atom.